The maximum Gasteiger partial charge on any atom is 0.405 e. The number of nitrogen functional groups attached to an aromatic ring is 1. The van der Waals surface area contributed by atoms with Crippen molar-refractivity contribution in [2.45, 2.75) is 42.7 Å². The molecule has 0 aliphatic carbocycles. The number of ether oxygens (including phenoxy) is 6. The van der Waals surface area contributed by atoms with Gasteiger partial charge in [0.2, 0.25) is 0 Å². The van der Waals surface area contributed by atoms with Gasteiger partial charge in [-0.25, -0.2) is 34.1 Å². The highest BCUT2D eigenvalue weighted by molar-refractivity contribution is 7.99. The minimum atomic E-state index is -1.46. The number of aliphatic hydroxyl groups excluding tert-OH is 1. The van der Waals surface area contributed by atoms with E-state index in [1.807, 2.05) is 0 Å². The van der Waals surface area contributed by atoms with Gasteiger partial charge in [-0.1, -0.05) is 11.8 Å². The SMILES string of the molecule is CCOC(=O)c1ccc(OCC(O)CSc2nc3c(N)ncnc3n2[C@@H]2O[C@H](COC(=O)c3cccnc3)[C@@H](OC(N)=O)[C@H]2OC(N)=O)cc1. The number of nitrogens with zero attached hydrogens (tertiary/aromatic N) is 5. The molecular weight excluding hydrogens is 680 g/mol. The zero-order valence-corrected chi connectivity index (χ0v) is 27.1. The molecule has 1 saturated heterocycles. The smallest absolute Gasteiger partial charge is 0.405 e. The lowest BCUT2D eigenvalue weighted by molar-refractivity contribution is -0.0608. The first-order valence-electron chi connectivity index (χ1n) is 14.9. The number of amides is 2. The van der Waals surface area contributed by atoms with Crippen LogP contribution >= 0.6 is 11.8 Å². The van der Waals surface area contributed by atoms with Crippen LogP contribution in [0.25, 0.3) is 11.2 Å². The van der Waals surface area contributed by atoms with Crippen LogP contribution in [0.2, 0.25) is 0 Å². The summed E-state index contributed by atoms with van der Waals surface area (Å²) in [5, 5.41) is 11.0. The minimum absolute atomic E-state index is 0.00278. The molecule has 4 heterocycles. The van der Waals surface area contributed by atoms with E-state index in [2.05, 4.69) is 19.9 Å². The number of aliphatic hydroxyl groups is 1. The van der Waals surface area contributed by atoms with Crippen molar-refractivity contribution in [2.24, 2.45) is 11.5 Å². The molecule has 19 nitrogen and oxygen atoms in total. The zero-order chi connectivity index (χ0) is 35.8. The lowest BCUT2D eigenvalue weighted by Crippen LogP contribution is -2.43. The van der Waals surface area contributed by atoms with Gasteiger partial charge in [0.15, 0.2) is 40.6 Å². The second-order valence-electron chi connectivity index (χ2n) is 10.4. The Morgan fingerprint density at radius 1 is 1.00 bits per heavy atom. The summed E-state index contributed by atoms with van der Waals surface area (Å²) in [6.45, 7) is 1.32. The third-order valence-electron chi connectivity index (χ3n) is 7.01. The first kappa shape index (κ1) is 35.6. The molecule has 1 fully saturated rings. The Morgan fingerprint density at radius 2 is 1.72 bits per heavy atom. The van der Waals surface area contributed by atoms with Crippen LogP contribution in [-0.4, -0.2) is 104 Å². The van der Waals surface area contributed by atoms with Crippen LogP contribution in [0.15, 0.2) is 60.3 Å². The molecular formula is C30H32N8O11S. The Balaban J connectivity index is 1.37. The van der Waals surface area contributed by atoms with E-state index >= 15 is 0 Å². The average Bonchev–Trinajstić information content (AvgIpc) is 3.63. The molecule has 4 aromatic rings. The Bertz CT molecular complexity index is 1830. The fourth-order valence-corrected chi connectivity index (χ4v) is 5.78. The predicted molar refractivity (Wildman–Crippen MR) is 172 cm³/mol. The van der Waals surface area contributed by atoms with Gasteiger partial charge >= 0.3 is 24.1 Å². The molecule has 264 valence electrons. The van der Waals surface area contributed by atoms with Crippen LogP contribution < -0.4 is 21.9 Å². The van der Waals surface area contributed by atoms with Crippen molar-refractivity contribution in [3.63, 3.8) is 0 Å². The molecule has 0 radical (unpaired) electrons. The van der Waals surface area contributed by atoms with Crippen molar-refractivity contribution in [2.75, 3.05) is 31.3 Å². The number of hydrogen-bond acceptors (Lipinski definition) is 17. The molecule has 0 bridgehead atoms. The van der Waals surface area contributed by atoms with E-state index in [9.17, 15) is 24.3 Å². The van der Waals surface area contributed by atoms with Crippen molar-refractivity contribution in [1.82, 2.24) is 24.5 Å². The van der Waals surface area contributed by atoms with Crippen molar-refractivity contribution in [3.8, 4) is 5.75 Å². The number of hydrogen-bond donors (Lipinski definition) is 4. The highest BCUT2D eigenvalue weighted by atomic mass is 32.2. The van der Waals surface area contributed by atoms with Crippen LogP contribution in [-0.2, 0) is 23.7 Å². The average molecular weight is 713 g/mol. The van der Waals surface area contributed by atoms with Crippen molar-refractivity contribution in [1.29, 1.82) is 0 Å². The topological polar surface area (TPSA) is 278 Å². The van der Waals surface area contributed by atoms with E-state index in [0.717, 1.165) is 11.8 Å². The first-order chi connectivity index (χ1) is 24.0. The summed E-state index contributed by atoms with van der Waals surface area (Å²) >= 11 is 1.04. The van der Waals surface area contributed by atoms with Gasteiger partial charge in [-0.05, 0) is 43.3 Å². The van der Waals surface area contributed by atoms with Crippen molar-refractivity contribution < 1.29 is 52.7 Å². The number of pyridine rings is 1. The van der Waals surface area contributed by atoms with Crippen LogP contribution in [0.4, 0.5) is 15.4 Å². The number of primary amides is 2. The maximum absolute atomic E-state index is 12.7. The number of benzene rings is 1. The zero-order valence-electron chi connectivity index (χ0n) is 26.3. The number of imidazole rings is 1. The molecule has 20 heteroatoms. The fraction of sp³-hybridized carbons (Fsp3) is 0.333. The number of thioether (sulfide) groups is 1. The Hall–Kier alpha value is -5.73. The standard InChI is InChI=1S/C30H32N8O11S/c1-2-44-26(40)15-5-7-18(8-6-15)45-11-17(39)13-50-30-37-20-23(31)35-14-36-24(20)38(30)25-22(49-29(33)43)21(48-28(32)42)19(47-25)12-46-27(41)16-4-3-9-34-10-16/h3-10,14,17,19,21-22,25,39H,2,11-13H2,1H3,(H2,32,42)(H2,33,43)(H2,31,35,36)/t17?,19-,21-,22-,25-/m1/s1. The van der Waals surface area contributed by atoms with E-state index < -0.39 is 61.4 Å². The lowest BCUT2D eigenvalue weighted by atomic mass is 10.1. The third-order valence-corrected chi connectivity index (χ3v) is 8.10. The summed E-state index contributed by atoms with van der Waals surface area (Å²) in [5.41, 5.74) is 17.6. The first-order valence-corrected chi connectivity index (χ1v) is 15.9. The number of anilines is 1. The van der Waals surface area contributed by atoms with Crippen LogP contribution in [0.1, 0.15) is 33.9 Å². The Kier molecular flexibility index (Phi) is 11.5. The number of nitrogens with two attached hydrogens (primary N) is 3. The summed E-state index contributed by atoms with van der Waals surface area (Å²) in [7, 11) is 0. The molecule has 1 aromatic carbocycles. The number of fused-ring (bicyclic) bond motifs is 1. The molecule has 1 aliphatic rings. The van der Waals surface area contributed by atoms with Crippen molar-refractivity contribution in [3.05, 3.63) is 66.2 Å². The molecule has 1 unspecified atom stereocenters. The third kappa shape index (κ3) is 8.46. The van der Waals surface area contributed by atoms with Crippen LogP contribution in [0, 0.1) is 0 Å². The number of esters is 2. The summed E-state index contributed by atoms with van der Waals surface area (Å²) in [6, 6.07) is 9.24. The number of rotatable bonds is 14. The molecule has 3 aromatic heterocycles. The molecule has 0 saturated carbocycles. The van der Waals surface area contributed by atoms with Gasteiger partial charge in [-0.15, -0.1) is 0 Å². The number of carbonyl (C=O) groups is 4. The fourth-order valence-electron chi connectivity index (χ4n) is 4.86. The van der Waals surface area contributed by atoms with E-state index in [0.29, 0.717) is 11.3 Å². The van der Waals surface area contributed by atoms with Gasteiger partial charge in [0, 0.05) is 18.1 Å². The van der Waals surface area contributed by atoms with Gasteiger partial charge in [-0.2, -0.15) is 0 Å². The number of carbonyl (C=O) groups excluding carboxylic acids is 4. The van der Waals surface area contributed by atoms with Crippen LogP contribution in [0.5, 0.6) is 5.75 Å². The van der Waals surface area contributed by atoms with Crippen molar-refractivity contribution >= 4 is 52.9 Å². The second-order valence-corrected chi connectivity index (χ2v) is 11.4. The lowest BCUT2D eigenvalue weighted by Gasteiger charge is -2.24. The highest BCUT2D eigenvalue weighted by Crippen LogP contribution is 2.39. The Labute approximate surface area is 287 Å². The van der Waals surface area contributed by atoms with E-state index in [4.69, 9.17) is 45.6 Å². The second kappa shape index (κ2) is 16.1. The molecule has 5 atom stereocenters. The molecule has 7 N–H and O–H groups in total. The van der Waals surface area contributed by atoms with Gasteiger partial charge in [0.05, 0.1) is 23.8 Å². The highest BCUT2D eigenvalue weighted by Gasteiger charge is 2.52. The van der Waals surface area contributed by atoms with Crippen LogP contribution in [0.3, 0.4) is 0 Å². The minimum Gasteiger partial charge on any atom is -0.491 e. The van der Waals surface area contributed by atoms with Gasteiger partial charge in [0.1, 0.15) is 31.4 Å². The summed E-state index contributed by atoms with van der Waals surface area (Å²) < 4.78 is 34.3. The molecule has 1 aliphatic heterocycles. The van der Waals surface area contributed by atoms with Gasteiger partial charge in [-0.3, -0.25) is 9.55 Å². The summed E-state index contributed by atoms with van der Waals surface area (Å²) in [5.74, 6) is -0.810. The normalized spacial score (nSPS) is 19.0. The quantitative estimate of drug-likeness (QED) is 0.0811. The number of aromatic nitrogens is 5. The van der Waals surface area contributed by atoms with Gasteiger partial charge < -0.3 is 50.7 Å². The van der Waals surface area contributed by atoms with E-state index in [1.165, 1.54) is 41.5 Å². The van der Waals surface area contributed by atoms with E-state index in [-0.39, 0.29) is 46.7 Å². The summed E-state index contributed by atoms with van der Waals surface area (Å²) in [4.78, 5) is 65.3. The molecule has 2 amide bonds. The largest absolute Gasteiger partial charge is 0.491 e. The molecule has 0 spiro atoms. The van der Waals surface area contributed by atoms with E-state index in [1.54, 1.807) is 25.1 Å². The maximum atomic E-state index is 12.7. The predicted octanol–water partition coefficient (Wildman–Crippen LogP) is 1.19. The summed E-state index contributed by atoms with van der Waals surface area (Å²) in [6.07, 6.45) is -5.05. The molecule has 5 rings (SSSR count). The van der Waals surface area contributed by atoms with Gasteiger partial charge in [0.25, 0.3) is 0 Å². The monoisotopic (exact) mass is 712 g/mol. The molecule has 50 heavy (non-hydrogen) atoms. The Morgan fingerprint density at radius 3 is 2.40 bits per heavy atom.